The molecular formula is C22H21Cl2NO2. The molecule has 0 radical (unpaired) electrons. The van der Waals surface area contributed by atoms with Crippen LogP contribution in [0.15, 0.2) is 36.4 Å². The van der Waals surface area contributed by atoms with Gasteiger partial charge in [-0.15, -0.1) is 0 Å². The second kappa shape index (κ2) is 6.42. The molecule has 2 aromatic carbocycles. The van der Waals surface area contributed by atoms with E-state index in [9.17, 15) is 4.79 Å². The van der Waals surface area contributed by atoms with Crippen molar-refractivity contribution in [1.82, 2.24) is 0 Å². The highest BCUT2D eigenvalue weighted by atomic mass is 35.5. The first kappa shape index (κ1) is 17.4. The number of ether oxygens (including phenoxy) is 1. The van der Waals surface area contributed by atoms with Gasteiger partial charge in [-0.05, 0) is 84.4 Å². The predicted octanol–water partition coefficient (Wildman–Crippen LogP) is 6.08. The van der Waals surface area contributed by atoms with Crippen molar-refractivity contribution in [2.24, 2.45) is 17.8 Å². The molecule has 5 heteroatoms. The minimum atomic E-state index is -0.274. The number of anilines is 1. The number of nitrogens with one attached hydrogen (secondary N) is 1. The first-order chi connectivity index (χ1) is 13.1. The number of rotatable bonds is 2. The van der Waals surface area contributed by atoms with Crippen LogP contribution in [0.2, 0.25) is 10.0 Å². The number of hydrogen-bond acceptors (Lipinski definition) is 3. The van der Waals surface area contributed by atoms with Crippen LogP contribution in [0, 0.1) is 17.8 Å². The Morgan fingerprint density at radius 2 is 1.89 bits per heavy atom. The second-order valence-corrected chi connectivity index (χ2v) is 8.84. The van der Waals surface area contributed by atoms with Crippen LogP contribution in [0.5, 0.6) is 0 Å². The van der Waals surface area contributed by atoms with Crippen molar-refractivity contribution in [1.29, 1.82) is 0 Å². The van der Waals surface area contributed by atoms with E-state index in [0.29, 0.717) is 39.3 Å². The van der Waals surface area contributed by atoms with Crippen LogP contribution in [0.1, 0.15) is 52.7 Å². The van der Waals surface area contributed by atoms with E-state index in [1.165, 1.54) is 37.5 Å². The van der Waals surface area contributed by atoms with E-state index < -0.39 is 0 Å². The zero-order chi connectivity index (χ0) is 18.7. The Bertz CT molecular complexity index is 929. The fourth-order valence-corrected chi connectivity index (χ4v) is 6.07. The zero-order valence-corrected chi connectivity index (χ0v) is 16.6. The molecule has 1 N–H and O–H groups in total. The topological polar surface area (TPSA) is 38.3 Å². The number of benzene rings is 2. The number of methoxy groups -OCH3 is 1. The third kappa shape index (κ3) is 2.67. The Balaban J connectivity index is 1.61. The van der Waals surface area contributed by atoms with E-state index >= 15 is 0 Å². The molecule has 0 saturated heterocycles. The Morgan fingerprint density at radius 1 is 1.07 bits per heavy atom. The van der Waals surface area contributed by atoms with Crippen LogP contribution in [-0.4, -0.2) is 13.1 Å². The Labute approximate surface area is 169 Å². The van der Waals surface area contributed by atoms with Crippen LogP contribution >= 0.6 is 23.2 Å². The molecule has 5 rings (SSSR count). The summed E-state index contributed by atoms with van der Waals surface area (Å²) in [5.41, 5.74) is 4.21. The maximum atomic E-state index is 12.0. The minimum absolute atomic E-state index is 0.219. The lowest BCUT2D eigenvalue weighted by Crippen LogP contribution is -2.35. The summed E-state index contributed by atoms with van der Waals surface area (Å²) >= 11 is 12.5. The molecule has 0 amide bonds. The minimum Gasteiger partial charge on any atom is -0.465 e. The molecule has 27 heavy (non-hydrogen) atoms. The summed E-state index contributed by atoms with van der Waals surface area (Å²) in [4.78, 5) is 12.0. The summed E-state index contributed by atoms with van der Waals surface area (Å²) < 4.78 is 4.93. The number of carbonyl (C=O) groups is 1. The van der Waals surface area contributed by atoms with Gasteiger partial charge >= 0.3 is 5.97 Å². The molecule has 3 nitrogen and oxygen atoms in total. The maximum absolute atomic E-state index is 12.0. The lowest BCUT2D eigenvalue weighted by atomic mass is 9.68. The van der Waals surface area contributed by atoms with Crippen molar-refractivity contribution >= 4 is 34.9 Å². The van der Waals surface area contributed by atoms with E-state index in [4.69, 9.17) is 27.9 Å². The summed E-state index contributed by atoms with van der Waals surface area (Å²) in [5.74, 6) is 2.12. The normalized spacial score (nSPS) is 30.4. The molecule has 0 aromatic heterocycles. The molecule has 5 atom stereocenters. The average molecular weight is 402 g/mol. The predicted molar refractivity (Wildman–Crippen MR) is 108 cm³/mol. The van der Waals surface area contributed by atoms with E-state index in [1.54, 1.807) is 0 Å². The van der Waals surface area contributed by atoms with Crippen molar-refractivity contribution in [3.8, 4) is 0 Å². The number of fused-ring (bicyclic) bond motifs is 7. The molecule has 0 unspecified atom stereocenters. The highest BCUT2D eigenvalue weighted by Crippen LogP contribution is 2.63. The SMILES string of the molecule is COC(=O)c1ccc2c(c1)[C@@H]1[C@H]3CC[C@@H](C3)[C@@H]1[C@@H](c1ccc(Cl)c(Cl)c1)N2. The van der Waals surface area contributed by atoms with Crippen LogP contribution in [-0.2, 0) is 4.74 Å². The molecule has 2 bridgehead atoms. The summed E-state index contributed by atoms with van der Waals surface area (Å²) in [6, 6.07) is 12.1. The van der Waals surface area contributed by atoms with E-state index in [-0.39, 0.29) is 12.0 Å². The monoisotopic (exact) mass is 401 g/mol. The first-order valence-electron chi connectivity index (χ1n) is 9.50. The third-order valence-corrected chi connectivity index (χ3v) is 7.55. The van der Waals surface area contributed by atoms with Crippen molar-refractivity contribution in [3.63, 3.8) is 0 Å². The molecule has 140 valence electrons. The Morgan fingerprint density at radius 3 is 2.67 bits per heavy atom. The van der Waals surface area contributed by atoms with Crippen molar-refractivity contribution < 1.29 is 9.53 Å². The van der Waals surface area contributed by atoms with Gasteiger partial charge in [0.15, 0.2) is 0 Å². The maximum Gasteiger partial charge on any atom is 0.337 e. The second-order valence-electron chi connectivity index (χ2n) is 8.03. The van der Waals surface area contributed by atoms with Crippen molar-refractivity contribution in [2.45, 2.75) is 31.2 Å². The summed E-state index contributed by atoms with van der Waals surface area (Å²) in [6.07, 6.45) is 3.84. The van der Waals surface area contributed by atoms with Gasteiger partial charge in [0.25, 0.3) is 0 Å². The van der Waals surface area contributed by atoms with Gasteiger partial charge in [-0.1, -0.05) is 29.3 Å². The van der Waals surface area contributed by atoms with Gasteiger partial charge in [-0.3, -0.25) is 0 Å². The highest BCUT2D eigenvalue weighted by molar-refractivity contribution is 6.42. The quantitative estimate of drug-likeness (QED) is 0.619. The number of carbonyl (C=O) groups excluding carboxylic acids is 1. The summed E-state index contributed by atoms with van der Waals surface area (Å²) in [7, 11) is 1.43. The standard InChI is InChI=1S/C22H21Cl2NO2/c1-27-22(26)14-5-7-18-15(9-14)19-11-2-3-12(8-11)20(19)21(25-18)13-4-6-16(23)17(24)10-13/h4-7,9-12,19-21,25H,2-3,8H2,1H3/t11-,12-,19-,20-,21+/m0/s1. The number of hydrogen-bond donors (Lipinski definition) is 1. The fraction of sp³-hybridized carbons (Fsp3) is 0.409. The van der Waals surface area contributed by atoms with Gasteiger partial charge in [0, 0.05) is 5.69 Å². The summed E-state index contributed by atoms with van der Waals surface area (Å²) in [5, 5.41) is 4.93. The molecule has 2 aliphatic carbocycles. The lowest BCUT2D eigenvalue weighted by Gasteiger charge is -2.43. The van der Waals surface area contributed by atoms with Gasteiger partial charge < -0.3 is 10.1 Å². The van der Waals surface area contributed by atoms with Crippen molar-refractivity contribution in [3.05, 3.63) is 63.1 Å². The molecule has 1 heterocycles. The highest BCUT2D eigenvalue weighted by Gasteiger charge is 2.53. The van der Waals surface area contributed by atoms with E-state index in [1.807, 2.05) is 30.3 Å². The molecule has 2 aromatic rings. The molecule has 1 aliphatic heterocycles. The molecule has 0 spiro atoms. The van der Waals surface area contributed by atoms with Gasteiger partial charge in [-0.2, -0.15) is 0 Å². The van der Waals surface area contributed by atoms with Crippen LogP contribution in [0.4, 0.5) is 5.69 Å². The van der Waals surface area contributed by atoms with Crippen LogP contribution in [0.3, 0.4) is 0 Å². The van der Waals surface area contributed by atoms with Crippen LogP contribution < -0.4 is 5.32 Å². The Hall–Kier alpha value is -1.71. The third-order valence-electron chi connectivity index (χ3n) is 6.81. The van der Waals surface area contributed by atoms with E-state index in [2.05, 4.69) is 11.4 Å². The van der Waals surface area contributed by atoms with Gasteiger partial charge in [-0.25, -0.2) is 4.79 Å². The van der Waals surface area contributed by atoms with E-state index in [0.717, 1.165) is 5.69 Å². The molecule has 2 fully saturated rings. The van der Waals surface area contributed by atoms with Gasteiger partial charge in [0.1, 0.15) is 0 Å². The van der Waals surface area contributed by atoms with Gasteiger partial charge in [0.2, 0.25) is 0 Å². The largest absolute Gasteiger partial charge is 0.465 e. The number of halogens is 2. The fourth-order valence-electron chi connectivity index (χ4n) is 5.77. The first-order valence-corrected chi connectivity index (χ1v) is 10.3. The smallest absolute Gasteiger partial charge is 0.337 e. The Kier molecular flexibility index (Phi) is 4.14. The average Bonchev–Trinajstić information content (AvgIpc) is 3.31. The zero-order valence-electron chi connectivity index (χ0n) is 15.0. The summed E-state index contributed by atoms with van der Waals surface area (Å²) in [6.45, 7) is 0. The lowest BCUT2D eigenvalue weighted by molar-refractivity contribution is 0.0600. The number of esters is 1. The molecule has 3 aliphatic rings. The molecular weight excluding hydrogens is 381 g/mol. The van der Waals surface area contributed by atoms with Gasteiger partial charge in [0.05, 0.1) is 28.8 Å². The molecule has 2 saturated carbocycles. The van der Waals surface area contributed by atoms with Crippen LogP contribution in [0.25, 0.3) is 0 Å². The van der Waals surface area contributed by atoms with Crippen molar-refractivity contribution in [2.75, 3.05) is 12.4 Å².